The van der Waals surface area contributed by atoms with Crippen LogP contribution >= 0.6 is 11.3 Å². The molecule has 2 heterocycles. The summed E-state index contributed by atoms with van der Waals surface area (Å²) < 4.78 is 5.16. The molecule has 0 aliphatic carbocycles. The number of H-pyrrole nitrogens is 1. The molecule has 2 aromatic heterocycles. The van der Waals surface area contributed by atoms with Crippen molar-refractivity contribution >= 4 is 17.4 Å². The second kappa shape index (κ2) is 7.17. The monoisotopic (exact) mass is 328 g/mol. The minimum Gasteiger partial charge on any atom is -0.497 e. The Labute approximate surface area is 137 Å². The lowest BCUT2D eigenvalue weighted by Gasteiger charge is -2.01. The molecule has 0 saturated carbocycles. The molecule has 0 fully saturated rings. The number of aliphatic hydroxyl groups excluding tert-OH is 1. The number of nitrogens with zero attached hydrogens (tertiary/aromatic N) is 3. The van der Waals surface area contributed by atoms with Gasteiger partial charge in [-0.3, -0.25) is 0 Å². The van der Waals surface area contributed by atoms with Crippen LogP contribution in [0.5, 0.6) is 5.75 Å². The molecule has 3 aromatic rings. The van der Waals surface area contributed by atoms with Crippen LogP contribution in [0, 0.1) is 0 Å². The summed E-state index contributed by atoms with van der Waals surface area (Å²) in [7, 11) is 1.66. The highest BCUT2D eigenvalue weighted by Gasteiger charge is 2.08. The highest BCUT2D eigenvalue weighted by Crippen LogP contribution is 2.23. The van der Waals surface area contributed by atoms with Crippen molar-refractivity contribution < 1.29 is 9.84 Å². The van der Waals surface area contributed by atoms with Gasteiger partial charge in [-0.2, -0.15) is 5.21 Å². The third-order valence-electron chi connectivity index (χ3n) is 3.29. The summed E-state index contributed by atoms with van der Waals surface area (Å²) in [6.07, 6.45) is 3.52. The van der Waals surface area contributed by atoms with Crippen molar-refractivity contribution in [2.24, 2.45) is 0 Å². The molecule has 2 N–H and O–H groups in total. The van der Waals surface area contributed by atoms with Crippen LogP contribution in [0.25, 0.3) is 6.08 Å². The third kappa shape index (κ3) is 4.02. The maximum absolute atomic E-state index is 9.88. The summed E-state index contributed by atoms with van der Waals surface area (Å²) in [6.45, 7) is 0. The van der Waals surface area contributed by atoms with Crippen molar-refractivity contribution in [2.75, 3.05) is 7.11 Å². The zero-order valence-corrected chi connectivity index (χ0v) is 13.3. The molecule has 0 saturated heterocycles. The topological polar surface area (TPSA) is 83.9 Å². The van der Waals surface area contributed by atoms with E-state index in [0.717, 1.165) is 17.0 Å². The summed E-state index contributed by atoms with van der Waals surface area (Å²) in [5.74, 6) is 1.12. The van der Waals surface area contributed by atoms with E-state index >= 15 is 0 Å². The van der Waals surface area contributed by atoms with Gasteiger partial charge in [-0.1, -0.05) is 17.3 Å². The van der Waals surface area contributed by atoms with Gasteiger partial charge in [-0.25, -0.2) is 0 Å². The van der Waals surface area contributed by atoms with Crippen LogP contribution in [0.3, 0.4) is 0 Å². The van der Waals surface area contributed by atoms with E-state index in [2.05, 4.69) is 38.8 Å². The van der Waals surface area contributed by atoms with Crippen molar-refractivity contribution in [3.8, 4) is 5.75 Å². The second-order valence-electron chi connectivity index (χ2n) is 4.90. The van der Waals surface area contributed by atoms with Crippen LogP contribution in [0.1, 0.15) is 27.2 Å². The van der Waals surface area contributed by atoms with E-state index in [1.54, 1.807) is 24.5 Å². The SMILES string of the molecule is COc1ccc(Cc2ccc(C=CC(O)c3nn[nH]n3)s2)cc1. The number of hydrogen-bond donors (Lipinski definition) is 2. The number of nitrogens with one attached hydrogen (secondary N) is 1. The molecule has 0 aliphatic rings. The van der Waals surface area contributed by atoms with E-state index in [9.17, 15) is 5.11 Å². The van der Waals surface area contributed by atoms with Gasteiger partial charge in [0.25, 0.3) is 0 Å². The largest absolute Gasteiger partial charge is 0.497 e. The third-order valence-corrected chi connectivity index (χ3v) is 4.34. The lowest BCUT2D eigenvalue weighted by atomic mass is 10.1. The summed E-state index contributed by atoms with van der Waals surface area (Å²) in [5, 5.41) is 23.1. The molecule has 1 unspecified atom stereocenters. The van der Waals surface area contributed by atoms with Crippen LogP contribution in [-0.4, -0.2) is 32.8 Å². The molecule has 6 nitrogen and oxygen atoms in total. The molecule has 1 atom stereocenters. The number of rotatable bonds is 6. The first-order chi connectivity index (χ1) is 11.2. The Kier molecular flexibility index (Phi) is 4.80. The van der Waals surface area contributed by atoms with Gasteiger partial charge in [0.15, 0.2) is 0 Å². The molecule has 3 rings (SSSR count). The molecule has 118 valence electrons. The fourth-order valence-corrected chi connectivity index (χ4v) is 3.05. The Morgan fingerprint density at radius 1 is 1.26 bits per heavy atom. The molecular formula is C16H16N4O2S. The fraction of sp³-hybridized carbons (Fsp3) is 0.188. The maximum Gasteiger partial charge on any atom is 0.206 e. The first-order valence-corrected chi connectivity index (χ1v) is 7.87. The lowest BCUT2D eigenvalue weighted by molar-refractivity contribution is 0.219. The number of aromatic amines is 1. The smallest absolute Gasteiger partial charge is 0.206 e. The van der Waals surface area contributed by atoms with Crippen LogP contribution in [0.15, 0.2) is 42.5 Å². The van der Waals surface area contributed by atoms with Crippen LogP contribution < -0.4 is 4.74 Å². The second-order valence-corrected chi connectivity index (χ2v) is 6.10. The number of benzene rings is 1. The van der Waals surface area contributed by atoms with Gasteiger partial charge < -0.3 is 9.84 Å². The summed E-state index contributed by atoms with van der Waals surface area (Å²) in [4.78, 5) is 2.32. The normalized spacial score (nSPS) is 12.6. The van der Waals surface area contributed by atoms with E-state index in [4.69, 9.17) is 4.74 Å². The van der Waals surface area contributed by atoms with Gasteiger partial charge in [0.2, 0.25) is 5.82 Å². The first kappa shape index (κ1) is 15.4. The predicted molar refractivity (Wildman–Crippen MR) is 88.3 cm³/mol. The zero-order valence-electron chi connectivity index (χ0n) is 12.5. The molecule has 1 aromatic carbocycles. The van der Waals surface area contributed by atoms with E-state index in [-0.39, 0.29) is 5.82 Å². The highest BCUT2D eigenvalue weighted by atomic mass is 32.1. The Morgan fingerprint density at radius 2 is 2.09 bits per heavy atom. The van der Waals surface area contributed by atoms with E-state index in [1.165, 1.54) is 10.4 Å². The van der Waals surface area contributed by atoms with Crippen LogP contribution in [-0.2, 0) is 6.42 Å². The van der Waals surface area contributed by atoms with Crippen molar-refractivity contribution in [2.45, 2.75) is 12.5 Å². The molecule has 7 heteroatoms. The van der Waals surface area contributed by atoms with E-state index in [0.29, 0.717) is 0 Å². The van der Waals surface area contributed by atoms with E-state index in [1.807, 2.05) is 24.3 Å². The Balaban J connectivity index is 1.63. The number of aliphatic hydroxyl groups is 1. The number of tetrazole rings is 1. The Hall–Kier alpha value is -2.51. The van der Waals surface area contributed by atoms with Crippen molar-refractivity contribution in [1.82, 2.24) is 20.6 Å². The Bertz CT molecular complexity index is 766. The fourth-order valence-electron chi connectivity index (χ4n) is 2.09. The minimum absolute atomic E-state index is 0.260. The van der Waals surface area contributed by atoms with Gasteiger partial charge >= 0.3 is 0 Å². The summed E-state index contributed by atoms with van der Waals surface area (Å²) in [5.41, 5.74) is 1.23. The highest BCUT2D eigenvalue weighted by molar-refractivity contribution is 7.12. The first-order valence-electron chi connectivity index (χ1n) is 7.06. The molecule has 0 radical (unpaired) electrons. The quantitative estimate of drug-likeness (QED) is 0.726. The summed E-state index contributed by atoms with van der Waals surface area (Å²) in [6, 6.07) is 12.2. The predicted octanol–water partition coefficient (Wildman–Crippen LogP) is 2.61. The van der Waals surface area contributed by atoms with Crippen LogP contribution in [0.2, 0.25) is 0 Å². The average molecular weight is 328 g/mol. The number of ether oxygens (including phenoxy) is 1. The van der Waals surface area contributed by atoms with Gasteiger partial charge in [0.05, 0.1) is 7.11 Å². The van der Waals surface area contributed by atoms with Crippen molar-refractivity contribution in [3.05, 3.63) is 63.6 Å². The van der Waals surface area contributed by atoms with Crippen molar-refractivity contribution in [3.63, 3.8) is 0 Å². The summed E-state index contributed by atoms with van der Waals surface area (Å²) >= 11 is 1.68. The molecule has 0 amide bonds. The van der Waals surface area contributed by atoms with Gasteiger partial charge in [0.1, 0.15) is 11.9 Å². The molecule has 23 heavy (non-hydrogen) atoms. The molecule has 0 spiro atoms. The number of hydrogen-bond acceptors (Lipinski definition) is 6. The van der Waals surface area contributed by atoms with E-state index < -0.39 is 6.10 Å². The van der Waals surface area contributed by atoms with Crippen molar-refractivity contribution in [1.29, 1.82) is 0 Å². The maximum atomic E-state index is 9.88. The zero-order chi connectivity index (χ0) is 16.1. The number of aromatic nitrogens is 4. The van der Waals surface area contributed by atoms with Gasteiger partial charge in [-0.15, -0.1) is 21.5 Å². The number of methoxy groups -OCH3 is 1. The van der Waals surface area contributed by atoms with Crippen LogP contribution in [0.4, 0.5) is 0 Å². The molecule has 0 bridgehead atoms. The minimum atomic E-state index is -0.860. The lowest BCUT2D eigenvalue weighted by Crippen LogP contribution is -1.95. The van der Waals surface area contributed by atoms with Gasteiger partial charge in [-0.05, 0) is 42.0 Å². The number of thiophene rings is 1. The Morgan fingerprint density at radius 3 is 2.78 bits per heavy atom. The molecular weight excluding hydrogens is 312 g/mol. The van der Waals surface area contributed by atoms with Gasteiger partial charge in [0, 0.05) is 16.2 Å². The average Bonchev–Trinajstić information content (AvgIpc) is 3.25. The standard InChI is InChI=1S/C16H16N4O2S/c1-22-12-4-2-11(3-5-12)10-14-7-6-13(23-14)8-9-15(21)16-17-19-20-18-16/h2-9,15,21H,10H2,1H3,(H,17,18,19,20). The molecule has 0 aliphatic heterocycles.